The Labute approximate surface area is 100 Å². The van der Waals surface area contributed by atoms with Gasteiger partial charge in [-0.1, -0.05) is 17.7 Å². The minimum Gasteiger partial charge on any atom is -0.266 e. The summed E-state index contributed by atoms with van der Waals surface area (Å²) in [7, 11) is 0. The molecule has 1 amide bonds. The lowest BCUT2D eigenvalue weighted by atomic mass is 10.4. The standard InChI is InChI=1S/C9H7ClN4OS/c10-6-4-11-9(12-5-6)14-13-8(15)7-2-1-3-16-7/h1-5H,(H,13,15)(H,11,12,14). The Kier molecular flexibility index (Phi) is 3.33. The maximum atomic E-state index is 11.5. The van der Waals surface area contributed by atoms with E-state index in [2.05, 4.69) is 20.8 Å². The lowest BCUT2D eigenvalue weighted by Crippen LogP contribution is -2.29. The van der Waals surface area contributed by atoms with Crippen molar-refractivity contribution in [1.82, 2.24) is 15.4 Å². The van der Waals surface area contributed by atoms with Gasteiger partial charge in [-0.2, -0.15) is 0 Å². The number of hydrogen-bond acceptors (Lipinski definition) is 5. The van der Waals surface area contributed by atoms with Crippen LogP contribution >= 0.6 is 22.9 Å². The van der Waals surface area contributed by atoms with Gasteiger partial charge in [-0.25, -0.2) is 9.97 Å². The van der Waals surface area contributed by atoms with E-state index >= 15 is 0 Å². The Balaban J connectivity index is 1.93. The van der Waals surface area contributed by atoms with Gasteiger partial charge < -0.3 is 0 Å². The Morgan fingerprint density at radius 1 is 1.38 bits per heavy atom. The predicted molar refractivity (Wildman–Crippen MR) is 62.4 cm³/mol. The first-order chi connectivity index (χ1) is 7.75. The Morgan fingerprint density at radius 3 is 2.75 bits per heavy atom. The number of thiophene rings is 1. The number of hydrazine groups is 1. The van der Waals surface area contributed by atoms with Gasteiger partial charge in [0.15, 0.2) is 0 Å². The molecule has 7 heteroatoms. The molecule has 0 aromatic carbocycles. The summed E-state index contributed by atoms with van der Waals surface area (Å²) < 4.78 is 0. The number of amides is 1. The minimum absolute atomic E-state index is 0.228. The molecule has 5 nitrogen and oxygen atoms in total. The average molecular weight is 255 g/mol. The van der Waals surface area contributed by atoms with Crippen LogP contribution in [0.3, 0.4) is 0 Å². The molecule has 0 atom stereocenters. The lowest BCUT2D eigenvalue weighted by molar-refractivity contribution is 0.0966. The number of hydrogen-bond donors (Lipinski definition) is 2. The van der Waals surface area contributed by atoms with E-state index in [1.54, 1.807) is 12.1 Å². The number of anilines is 1. The number of nitrogens with zero attached hydrogens (tertiary/aromatic N) is 2. The fourth-order valence-electron chi connectivity index (χ4n) is 0.959. The maximum absolute atomic E-state index is 11.5. The second-order valence-corrected chi connectivity index (χ2v) is 4.17. The molecule has 0 bridgehead atoms. The van der Waals surface area contributed by atoms with Crippen LogP contribution in [0, 0.1) is 0 Å². The van der Waals surface area contributed by atoms with Gasteiger partial charge in [0.2, 0.25) is 5.95 Å². The second-order valence-electron chi connectivity index (χ2n) is 2.78. The van der Waals surface area contributed by atoms with E-state index < -0.39 is 0 Å². The molecule has 0 aliphatic carbocycles. The van der Waals surface area contributed by atoms with Crippen LogP contribution in [-0.2, 0) is 0 Å². The number of halogens is 1. The number of rotatable bonds is 3. The SMILES string of the molecule is O=C(NNc1ncc(Cl)cn1)c1cccs1. The largest absolute Gasteiger partial charge is 0.279 e. The Morgan fingerprint density at radius 2 is 2.12 bits per heavy atom. The first-order valence-corrected chi connectivity index (χ1v) is 5.59. The van der Waals surface area contributed by atoms with Gasteiger partial charge in [-0.3, -0.25) is 15.6 Å². The number of carbonyl (C=O) groups excluding carboxylic acids is 1. The van der Waals surface area contributed by atoms with E-state index in [4.69, 9.17) is 11.6 Å². The van der Waals surface area contributed by atoms with Gasteiger partial charge in [0.25, 0.3) is 5.91 Å². The minimum atomic E-state index is -0.228. The van der Waals surface area contributed by atoms with E-state index in [1.165, 1.54) is 23.7 Å². The predicted octanol–water partition coefficient (Wildman–Crippen LogP) is 1.95. The third kappa shape index (κ3) is 2.68. The zero-order valence-corrected chi connectivity index (χ0v) is 9.55. The number of aromatic nitrogens is 2. The van der Waals surface area contributed by atoms with E-state index in [9.17, 15) is 4.79 Å². The molecule has 0 aliphatic heterocycles. The Hall–Kier alpha value is -1.66. The summed E-state index contributed by atoms with van der Waals surface area (Å²) in [5, 5.41) is 2.27. The fraction of sp³-hybridized carbons (Fsp3) is 0. The second kappa shape index (κ2) is 4.91. The van der Waals surface area contributed by atoms with Crippen LogP contribution in [0.5, 0.6) is 0 Å². The maximum Gasteiger partial charge on any atom is 0.279 e. The highest BCUT2D eigenvalue weighted by atomic mass is 35.5. The lowest BCUT2D eigenvalue weighted by Gasteiger charge is -2.04. The molecule has 16 heavy (non-hydrogen) atoms. The molecule has 2 rings (SSSR count). The number of nitrogens with one attached hydrogen (secondary N) is 2. The zero-order valence-electron chi connectivity index (χ0n) is 7.98. The highest BCUT2D eigenvalue weighted by Gasteiger charge is 2.05. The van der Waals surface area contributed by atoms with Crippen LogP contribution in [0.15, 0.2) is 29.9 Å². The third-order valence-electron chi connectivity index (χ3n) is 1.65. The first-order valence-electron chi connectivity index (χ1n) is 4.33. The molecule has 0 aliphatic rings. The molecule has 0 saturated heterocycles. The highest BCUT2D eigenvalue weighted by Crippen LogP contribution is 2.08. The molecule has 0 fully saturated rings. The van der Waals surface area contributed by atoms with Crippen molar-refractivity contribution in [3.8, 4) is 0 Å². The Bertz CT molecular complexity index is 471. The van der Waals surface area contributed by atoms with Crippen LogP contribution in [0.4, 0.5) is 5.95 Å². The smallest absolute Gasteiger partial charge is 0.266 e. The van der Waals surface area contributed by atoms with Gasteiger partial charge in [0.1, 0.15) is 0 Å². The summed E-state index contributed by atoms with van der Waals surface area (Å²) in [6.07, 6.45) is 2.88. The normalized spacial score (nSPS) is 9.81. The van der Waals surface area contributed by atoms with Crippen LogP contribution < -0.4 is 10.9 Å². The molecule has 2 aromatic heterocycles. The van der Waals surface area contributed by atoms with Crippen molar-refractivity contribution in [2.24, 2.45) is 0 Å². The van der Waals surface area contributed by atoms with Gasteiger partial charge in [0.05, 0.1) is 22.3 Å². The zero-order chi connectivity index (χ0) is 11.4. The van der Waals surface area contributed by atoms with Gasteiger partial charge in [0, 0.05) is 0 Å². The van der Waals surface area contributed by atoms with E-state index in [-0.39, 0.29) is 11.9 Å². The fourth-order valence-corrected chi connectivity index (χ4v) is 1.68. The van der Waals surface area contributed by atoms with Crippen molar-refractivity contribution in [3.63, 3.8) is 0 Å². The molecule has 2 N–H and O–H groups in total. The molecule has 0 saturated carbocycles. The monoisotopic (exact) mass is 254 g/mol. The van der Waals surface area contributed by atoms with Gasteiger partial charge >= 0.3 is 0 Å². The molecule has 82 valence electrons. The summed E-state index contributed by atoms with van der Waals surface area (Å²) >= 11 is 6.97. The van der Waals surface area contributed by atoms with Crippen molar-refractivity contribution in [2.75, 3.05) is 5.43 Å². The third-order valence-corrected chi connectivity index (χ3v) is 2.72. The van der Waals surface area contributed by atoms with Gasteiger partial charge in [-0.15, -0.1) is 11.3 Å². The average Bonchev–Trinajstić information content (AvgIpc) is 2.81. The van der Waals surface area contributed by atoms with Crippen molar-refractivity contribution in [2.45, 2.75) is 0 Å². The highest BCUT2D eigenvalue weighted by molar-refractivity contribution is 7.12. The van der Waals surface area contributed by atoms with Crippen molar-refractivity contribution in [1.29, 1.82) is 0 Å². The molecule has 0 unspecified atom stereocenters. The summed E-state index contributed by atoms with van der Waals surface area (Å²) in [6, 6.07) is 3.53. The van der Waals surface area contributed by atoms with E-state index in [0.29, 0.717) is 9.90 Å². The van der Waals surface area contributed by atoms with Crippen molar-refractivity contribution in [3.05, 3.63) is 39.8 Å². The summed E-state index contributed by atoms with van der Waals surface area (Å²) in [4.78, 5) is 19.8. The van der Waals surface area contributed by atoms with Crippen molar-refractivity contribution >= 4 is 34.8 Å². The van der Waals surface area contributed by atoms with Crippen LogP contribution in [0.25, 0.3) is 0 Å². The van der Waals surface area contributed by atoms with E-state index in [1.807, 2.05) is 5.38 Å². The van der Waals surface area contributed by atoms with Crippen LogP contribution in [0.2, 0.25) is 5.02 Å². The van der Waals surface area contributed by atoms with Gasteiger partial charge in [-0.05, 0) is 11.4 Å². The van der Waals surface area contributed by atoms with E-state index in [0.717, 1.165) is 0 Å². The molecular weight excluding hydrogens is 248 g/mol. The summed E-state index contributed by atoms with van der Waals surface area (Å²) in [6.45, 7) is 0. The van der Waals surface area contributed by atoms with Crippen molar-refractivity contribution < 1.29 is 4.79 Å². The summed E-state index contributed by atoms with van der Waals surface area (Å²) in [5.41, 5.74) is 5.06. The molecule has 2 heterocycles. The molecule has 0 radical (unpaired) electrons. The van der Waals surface area contributed by atoms with Crippen LogP contribution in [-0.4, -0.2) is 15.9 Å². The molecule has 0 spiro atoms. The summed E-state index contributed by atoms with van der Waals surface area (Å²) in [5.74, 6) is 0.0582. The molecular formula is C9H7ClN4OS. The quantitative estimate of drug-likeness (QED) is 0.822. The molecule has 2 aromatic rings. The topological polar surface area (TPSA) is 66.9 Å². The van der Waals surface area contributed by atoms with Crippen LogP contribution in [0.1, 0.15) is 9.67 Å². The first kappa shape index (κ1) is 10.8. The number of carbonyl (C=O) groups is 1.